The third kappa shape index (κ3) is 4.29. The molecule has 5 heteroatoms. The van der Waals surface area contributed by atoms with E-state index in [2.05, 4.69) is 31.1 Å². The van der Waals surface area contributed by atoms with E-state index in [0.717, 1.165) is 11.1 Å². The number of aryl methyl sites for hydroxylation is 2. The zero-order chi connectivity index (χ0) is 20.2. The van der Waals surface area contributed by atoms with Gasteiger partial charge in [0.2, 0.25) is 0 Å². The zero-order valence-electron chi connectivity index (χ0n) is 16.5. The highest BCUT2D eigenvalue weighted by Crippen LogP contribution is 2.24. The van der Waals surface area contributed by atoms with Crippen LogP contribution in [0.2, 0.25) is 0 Å². The van der Waals surface area contributed by atoms with E-state index in [4.69, 9.17) is 8.94 Å². The second-order valence-corrected chi connectivity index (χ2v) is 7.11. The number of amides is 1. The van der Waals surface area contributed by atoms with Crippen LogP contribution < -0.4 is 0 Å². The molecular weight excluding hydrogens is 364 g/mol. The molecule has 2 aromatic heterocycles. The quantitative estimate of drug-likeness (QED) is 0.445. The van der Waals surface area contributed by atoms with Crippen molar-refractivity contribution >= 4 is 5.91 Å². The summed E-state index contributed by atoms with van der Waals surface area (Å²) >= 11 is 0. The Morgan fingerprint density at radius 3 is 2.48 bits per heavy atom. The number of rotatable bonds is 6. The fraction of sp³-hybridized carbons (Fsp3) is 0.167. The lowest BCUT2D eigenvalue weighted by Crippen LogP contribution is -2.30. The minimum Gasteiger partial charge on any atom is -0.459 e. The fourth-order valence-electron chi connectivity index (χ4n) is 3.17. The van der Waals surface area contributed by atoms with Gasteiger partial charge in [-0.05, 0) is 48.7 Å². The molecule has 0 bridgehead atoms. The molecule has 0 atom stereocenters. The van der Waals surface area contributed by atoms with Crippen molar-refractivity contribution in [3.05, 3.63) is 101 Å². The summed E-state index contributed by atoms with van der Waals surface area (Å²) in [7, 11) is 0. The van der Waals surface area contributed by atoms with Crippen LogP contribution in [0.4, 0.5) is 0 Å². The summed E-state index contributed by atoms with van der Waals surface area (Å²) in [5.41, 5.74) is 5.11. The number of furan rings is 1. The number of carbonyl (C=O) groups excluding carboxylic acids is 1. The first-order chi connectivity index (χ1) is 14.1. The highest BCUT2D eigenvalue weighted by atomic mass is 16.5. The summed E-state index contributed by atoms with van der Waals surface area (Å²) in [6.07, 6.45) is 1.50. The molecule has 146 valence electrons. The van der Waals surface area contributed by atoms with Gasteiger partial charge in [-0.2, -0.15) is 0 Å². The van der Waals surface area contributed by atoms with Gasteiger partial charge in [0.05, 0.1) is 12.8 Å². The molecule has 5 nitrogen and oxygen atoms in total. The van der Waals surface area contributed by atoms with E-state index in [-0.39, 0.29) is 5.91 Å². The highest BCUT2D eigenvalue weighted by molar-refractivity contribution is 5.91. The van der Waals surface area contributed by atoms with Crippen molar-refractivity contribution in [3.8, 4) is 11.3 Å². The lowest BCUT2D eigenvalue weighted by atomic mass is 10.0. The maximum absolute atomic E-state index is 12.9. The van der Waals surface area contributed by atoms with E-state index in [1.165, 1.54) is 17.4 Å². The Bertz CT molecular complexity index is 1100. The van der Waals surface area contributed by atoms with Gasteiger partial charge < -0.3 is 13.8 Å². The molecule has 0 unspecified atom stereocenters. The predicted molar refractivity (Wildman–Crippen MR) is 110 cm³/mol. The molecule has 4 rings (SSSR count). The Morgan fingerprint density at radius 2 is 1.76 bits per heavy atom. The predicted octanol–water partition coefficient (Wildman–Crippen LogP) is 5.39. The third-order valence-corrected chi connectivity index (χ3v) is 4.94. The minimum atomic E-state index is -0.186. The van der Waals surface area contributed by atoms with Crippen LogP contribution in [0.1, 0.15) is 32.9 Å². The molecular formula is C24H22N2O3. The van der Waals surface area contributed by atoms with Crippen LogP contribution in [-0.2, 0) is 13.1 Å². The Hall–Kier alpha value is -3.60. The van der Waals surface area contributed by atoms with Crippen molar-refractivity contribution in [3.63, 3.8) is 0 Å². The molecule has 0 aliphatic carbocycles. The Kier molecular flexibility index (Phi) is 5.29. The van der Waals surface area contributed by atoms with Crippen molar-refractivity contribution in [1.29, 1.82) is 0 Å². The summed E-state index contributed by atoms with van der Waals surface area (Å²) in [6.45, 7) is 4.92. The van der Waals surface area contributed by atoms with Crippen molar-refractivity contribution in [2.45, 2.75) is 26.9 Å². The second-order valence-electron chi connectivity index (χ2n) is 7.11. The number of benzene rings is 2. The van der Waals surface area contributed by atoms with Gasteiger partial charge in [0.25, 0.3) is 5.91 Å². The lowest BCUT2D eigenvalue weighted by molar-refractivity contribution is 0.0694. The zero-order valence-corrected chi connectivity index (χ0v) is 16.5. The van der Waals surface area contributed by atoms with Crippen molar-refractivity contribution < 1.29 is 13.7 Å². The molecule has 0 N–H and O–H groups in total. The largest absolute Gasteiger partial charge is 0.459 e. The van der Waals surface area contributed by atoms with E-state index in [1.807, 2.05) is 42.5 Å². The molecule has 2 aromatic carbocycles. The molecule has 29 heavy (non-hydrogen) atoms. The van der Waals surface area contributed by atoms with Gasteiger partial charge >= 0.3 is 0 Å². The molecule has 0 aliphatic rings. The van der Waals surface area contributed by atoms with Crippen molar-refractivity contribution in [2.75, 3.05) is 0 Å². The molecule has 4 aromatic rings. The SMILES string of the molecule is Cc1ccc(-c2cc(CN(Cc3ccccc3)C(=O)c3ccco3)no2)cc1C. The summed E-state index contributed by atoms with van der Waals surface area (Å²) < 4.78 is 10.9. The normalized spacial score (nSPS) is 10.8. The molecule has 0 saturated carbocycles. The van der Waals surface area contributed by atoms with Gasteiger partial charge in [0.15, 0.2) is 11.5 Å². The number of hydrogen-bond donors (Lipinski definition) is 0. The van der Waals surface area contributed by atoms with Gasteiger partial charge in [-0.1, -0.05) is 47.6 Å². The van der Waals surface area contributed by atoms with E-state index in [0.29, 0.717) is 30.3 Å². The van der Waals surface area contributed by atoms with E-state index >= 15 is 0 Å². The Balaban J connectivity index is 1.58. The van der Waals surface area contributed by atoms with Crippen LogP contribution >= 0.6 is 0 Å². The molecule has 0 radical (unpaired) electrons. The van der Waals surface area contributed by atoms with Crippen LogP contribution in [0.15, 0.2) is 81.9 Å². The van der Waals surface area contributed by atoms with Crippen LogP contribution in [-0.4, -0.2) is 16.0 Å². The maximum atomic E-state index is 12.9. The minimum absolute atomic E-state index is 0.186. The molecule has 0 saturated heterocycles. The van der Waals surface area contributed by atoms with Gasteiger partial charge in [-0.3, -0.25) is 4.79 Å². The van der Waals surface area contributed by atoms with E-state index in [1.54, 1.807) is 17.0 Å². The summed E-state index contributed by atoms with van der Waals surface area (Å²) in [5.74, 6) is 0.807. The summed E-state index contributed by atoms with van der Waals surface area (Å²) in [5, 5.41) is 4.19. The second kappa shape index (κ2) is 8.19. The smallest absolute Gasteiger partial charge is 0.290 e. The van der Waals surface area contributed by atoms with Gasteiger partial charge in [0.1, 0.15) is 5.69 Å². The van der Waals surface area contributed by atoms with Gasteiger partial charge in [-0.15, -0.1) is 0 Å². The van der Waals surface area contributed by atoms with Gasteiger partial charge in [-0.25, -0.2) is 0 Å². The summed E-state index contributed by atoms with van der Waals surface area (Å²) in [6, 6.07) is 21.3. The molecule has 2 heterocycles. The first-order valence-corrected chi connectivity index (χ1v) is 9.50. The van der Waals surface area contributed by atoms with Crippen molar-refractivity contribution in [2.24, 2.45) is 0 Å². The highest BCUT2D eigenvalue weighted by Gasteiger charge is 2.21. The number of hydrogen-bond acceptors (Lipinski definition) is 4. The standard InChI is InChI=1S/C24H22N2O3/c1-17-10-11-20(13-18(17)2)23-14-21(25-29-23)16-26(15-19-7-4-3-5-8-19)24(27)22-9-6-12-28-22/h3-14H,15-16H2,1-2H3. The third-order valence-electron chi connectivity index (χ3n) is 4.94. The maximum Gasteiger partial charge on any atom is 0.290 e. The van der Waals surface area contributed by atoms with E-state index < -0.39 is 0 Å². The van der Waals surface area contributed by atoms with Crippen LogP contribution in [0.5, 0.6) is 0 Å². The molecule has 0 fully saturated rings. The average Bonchev–Trinajstić information content (AvgIpc) is 3.42. The van der Waals surface area contributed by atoms with E-state index in [9.17, 15) is 4.79 Å². The lowest BCUT2D eigenvalue weighted by Gasteiger charge is -2.20. The Labute approximate surface area is 169 Å². The van der Waals surface area contributed by atoms with Crippen LogP contribution in [0, 0.1) is 13.8 Å². The fourth-order valence-corrected chi connectivity index (χ4v) is 3.17. The van der Waals surface area contributed by atoms with Gasteiger partial charge in [0, 0.05) is 18.2 Å². The monoisotopic (exact) mass is 386 g/mol. The first-order valence-electron chi connectivity index (χ1n) is 9.50. The molecule has 0 aliphatic heterocycles. The van der Waals surface area contributed by atoms with Crippen LogP contribution in [0.3, 0.4) is 0 Å². The molecule has 0 spiro atoms. The number of carbonyl (C=O) groups is 1. The average molecular weight is 386 g/mol. The van der Waals surface area contributed by atoms with Crippen LogP contribution in [0.25, 0.3) is 11.3 Å². The first kappa shape index (κ1) is 18.7. The number of nitrogens with zero attached hydrogens (tertiary/aromatic N) is 2. The number of aromatic nitrogens is 1. The molecule has 1 amide bonds. The summed E-state index contributed by atoms with van der Waals surface area (Å²) in [4.78, 5) is 14.7. The Morgan fingerprint density at radius 1 is 0.931 bits per heavy atom. The topological polar surface area (TPSA) is 59.5 Å². The van der Waals surface area contributed by atoms with Crippen molar-refractivity contribution in [1.82, 2.24) is 10.1 Å².